The number of benzene rings is 1. The van der Waals surface area contributed by atoms with Crippen LogP contribution in [0.4, 0.5) is 0 Å². The molecule has 0 radical (unpaired) electrons. The van der Waals surface area contributed by atoms with Crippen LogP contribution >= 0.6 is 0 Å². The van der Waals surface area contributed by atoms with E-state index in [2.05, 4.69) is 24.0 Å². The second-order valence-corrected chi connectivity index (χ2v) is 4.51. The molecule has 1 atom stereocenters. The van der Waals surface area contributed by atoms with Crippen LogP contribution in [0.3, 0.4) is 0 Å². The molecule has 1 N–H and O–H groups in total. The van der Waals surface area contributed by atoms with Crippen LogP contribution in [0.2, 0.25) is 0 Å². The van der Waals surface area contributed by atoms with Crippen LogP contribution in [0.1, 0.15) is 43.7 Å². The van der Waals surface area contributed by atoms with Gasteiger partial charge in [-0.25, -0.2) is 0 Å². The second-order valence-electron chi connectivity index (χ2n) is 4.51. The van der Waals surface area contributed by atoms with E-state index in [0.717, 1.165) is 18.6 Å². The number of rotatable bonds is 9. The van der Waals surface area contributed by atoms with Crippen molar-refractivity contribution < 1.29 is 4.74 Å². The van der Waals surface area contributed by atoms with Gasteiger partial charge in [-0.3, -0.25) is 0 Å². The molecule has 0 saturated heterocycles. The highest BCUT2D eigenvalue weighted by Crippen LogP contribution is 2.28. The first-order valence-corrected chi connectivity index (χ1v) is 6.74. The van der Waals surface area contributed by atoms with Crippen LogP contribution in [0.25, 0.3) is 0 Å². The number of para-hydroxylation sites is 1. The van der Waals surface area contributed by atoms with Gasteiger partial charge in [0.15, 0.2) is 0 Å². The number of hydrogen-bond donors (Lipinski definition) is 1. The van der Waals surface area contributed by atoms with Gasteiger partial charge in [-0.05, 0) is 32.4 Å². The van der Waals surface area contributed by atoms with E-state index in [4.69, 9.17) is 4.74 Å². The number of ether oxygens (including phenoxy) is 1. The molecule has 2 nitrogen and oxygen atoms in total. The Morgan fingerprint density at radius 1 is 1.28 bits per heavy atom. The van der Waals surface area contributed by atoms with E-state index >= 15 is 0 Å². The third kappa shape index (κ3) is 4.53. The van der Waals surface area contributed by atoms with Crippen LogP contribution in [-0.4, -0.2) is 14.2 Å². The zero-order chi connectivity index (χ0) is 13.2. The molecule has 0 fully saturated rings. The van der Waals surface area contributed by atoms with Crippen molar-refractivity contribution in [3.63, 3.8) is 0 Å². The molecule has 1 aromatic carbocycles. The number of allylic oxidation sites excluding steroid dienone is 1. The predicted molar refractivity (Wildman–Crippen MR) is 78.1 cm³/mol. The van der Waals surface area contributed by atoms with Crippen molar-refractivity contribution in [1.29, 1.82) is 0 Å². The Balaban J connectivity index is 2.51. The van der Waals surface area contributed by atoms with Gasteiger partial charge in [-0.15, -0.1) is 6.58 Å². The predicted octanol–water partition coefficient (Wildman–Crippen LogP) is 4.09. The molecular weight excluding hydrogens is 222 g/mol. The van der Waals surface area contributed by atoms with Gasteiger partial charge in [-0.2, -0.15) is 0 Å². The molecule has 0 aliphatic heterocycles. The summed E-state index contributed by atoms with van der Waals surface area (Å²) in [6.07, 6.45) is 8.01. The fourth-order valence-corrected chi connectivity index (χ4v) is 2.22. The van der Waals surface area contributed by atoms with E-state index in [1.807, 2.05) is 25.3 Å². The molecule has 100 valence electrons. The summed E-state index contributed by atoms with van der Waals surface area (Å²) in [6, 6.07) is 8.63. The molecule has 2 heteroatoms. The first-order valence-electron chi connectivity index (χ1n) is 6.74. The molecule has 1 rings (SSSR count). The minimum absolute atomic E-state index is 0.380. The maximum absolute atomic E-state index is 5.42. The quantitative estimate of drug-likeness (QED) is 0.524. The fraction of sp³-hybridized carbons (Fsp3) is 0.500. The van der Waals surface area contributed by atoms with Gasteiger partial charge in [0, 0.05) is 11.6 Å². The van der Waals surface area contributed by atoms with Crippen molar-refractivity contribution in [2.75, 3.05) is 14.2 Å². The van der Waals surface area contributed by atoms with Crippen LogP contribution < -0.4 is 10.1 Å². The van der Waals surface area contributed by atoms with E-state index in [9.17, 15) is 0 Å². The smallest absolute Gasteiger partial charge is 0.123 e. The summed E-state index contributed by atoms with van der Waals surface area (Å²) in [5, 5.41) is 3.38. The standard InChI is InChI=1S/C16H25NO/c1-4-5-6-7-8-12-15(17-2)14-11-9-10-13-16(14)18-3/h4,9-11,13,15,17H,1,5-8,12H2,2-3H3. The number of unbranched alkanes of at least 4 members (excludes halogenated alkanes) is 3. The van der Waals surface area contributed by atoms with Crippen molar-refractivity contribution >= 4 is 0 Å². The lowest BCUT2D eigenvalue weighted by molar-refractivity contribution is 0.396. The third-order valence-electron chi connectivity index (χ3n) is 3.26. The van der Waals surface area contributed by atoms with Gasteiger partial charge in [0.25, 0.3) is 0 Å². The molecule has 0 spiro atoms. The largest absolute Gasteiger partial charge is 0.496 e. The molecular formula is C16H25NO. The van der Waals surface area contributed by atoms with Gasteiger partial charge >= 0.3 is 0 Å². The van der Waals surface area contributed by atoms with Crippen molar-refractivity contribution in [3.8, 4) is 5.75 Å². The molecule has 0 saturated carbocycles. The Hall–Kier alpha value is -1.28. The number of methoxy groups -OCH3 is 1. The van der Waals surface area contributed by atoms with Crippen molar-refractivity contribution in [1.82, 2.24) is 5.32 Å². The minimum Gasteiger partial charge on any atom is -0.496 e. The van der Waals surface area contributed by atoms with E-state index in [-0.39, 0.29) is 0 Å². The van der Waals surface area contributed by atoms with E-state index in [0.29, 0.717) is 6.04 Å². The van der Waals surface area contributed by atoms with E-state index in [1.165, 1.54) is 24.8 Å². The molecule has 0 heterocycles. The van der Waals surface area contributed by atoms with E-state index in [1.54, 1.807) is 7.11 Å². The van der Waals surface area contributed by atoms with Crippen LogP contribution in [0.5, 0.6) is 5.75 Å². The molecule has 0 amide bonds. The van der Waals surface area contributed by atoms with Gasteiger partial charge in [0.2, 0.25) is 0 Å². The summed E-state index contributed by atoms with van der Waals surface area (Å²) in [5.74, 6) is 0.975. The summed E-state index contributed by atoms with van der Waals surface area (Å²) in [7, 11) is 3.75. The van der Waals surface area contributed by atoms with Crippen molar-refractivity contribution in [2.45, 2.75) is 38.1 Å². The van der Waals surface area contributed by atoms with Crippen LogP contribution in [0.15, 0.2) is 36.9 Å². The Kier molecular flexibility index (Phi) is 7.19. The summed E-state index contributed by atoms with van der Waals surface area (Å²) in [5.41, 5.74) is 1.26. The maximum Gasteiger partial charge on any atom is 0.123 e. The summed E-state index contributed by atoms with van der Waals surface area (Å²) in [6.45, 7) is 3.75. The molecule has 0 bridgehead atoms. The normalized spacial score (nSPS) is 12.1. The first-order chi connectivity index (χ1) is 8.83. The van der Waals surface area contributed by atoms with E-state index < -0.39 is 0 Å². The topological polar surface area (TPSA) is 21.3 Å². The maximum atomic E-state index is 5.42. The molecule has 1 unspecified atom stereocenters. The lowest BCUT2D eigenvalue weighted by atomic mass is 9.99. The molecule has 0 aliphatic rings. The number of nitrogens with one attached hydrogen (secondary N) is 1. The average molecular weight is 247 g/mol. The minimum atomic E-state index is 0.380. The fourth-order valence-electron chi connectivity index (χ4n) is 2.22. The highest BCUT2D eigenvalue weighted by molar-refractivity contribution is 5.35. The van der Waals surface area contributed by atoms with Gasteiger partial charge in [0.1, 0.15) is 5.75 Å². The zero-order valence-corrected chi connectivity index (χ0v) is 11.6. The van der Waals surface area contributed by atoms with Crippen LogP contribution in [-0.2, 0) is 0 Å². The highest BCUT2D eigenvalue weighted by Gasteiger charge is 2.12. The summed E-state index contributed by atoms with van der Waals surface area (Å²) >= 11 is 0. The lowest BCUT2D eigenvalue weighted by Crippen LogP contribution is -2.17. The lowest BCUT2D eigenvalue weighted by Gasteiger charge is -2.19. The van der Waals surface area contributed by atoms with Gasteiger partial charge in [-0.1, -0.05) is 37.1 Å². The molecule has 18 heavy (non-hydrogen) atoms. The van der Waals surface area contributed by atoms with Crippen molar-refractivity contribution in [3.05, 3.63) is 42.5 Å². The zero-order valence-electron chi connectivity index (χ0n) is 11.6. The summed E-state index contributed by atoms with van der Waals surface area (Å²) < 4.78 is 5.42. The Bertz CT molecular complexity index is 349. The van der Waals surface area contributed by atoms with Gasteiger partial charge < -0.3 is 10.1 Å². The Labute approximate surface area is 111 Å². The number of hydrogen-bond acceptors (Lipinski definition) is 2. The van der Waals surface area contributed by atoms with Crippen molar-refractivity contribution in [2.24, 2.45) is 0 Å². The molecule has 0 aliphatic carbocycles. The molecule has 0 aromatic heterocycles. The first kappa shape index (κ1) is 14.8. The molecule has 1 aromatic rings. The third-order valence-corrected chi connectivity index (χ3v) is 3.26. The highest BCUT2D eigenvalue weighted by atomic mass is 16.5. The SMILES string of the molecule is C=CCCCCCC(NC)c1ccccc1OC. The Morgan fingerprint density at radius 3 is 2.72 bits per heavy atom. The van der Waals surface area contributed by atoms with Crippen LogP contribution in [0, 0.1) is 0 Å². The summed E-state index contributed by atoms with van der Waals surface area (Å²) in [4.78, 5) is 0. The Morgan fingerprint density at radius 2 is 2.06 bits per heavy atom. The monoisotopic (exact) mass is 247 g/mol. The van der Waals surface area contributed by atoms with Gasteiger partial charge in [0.05, 0.1) is 7.11 Å². The second kappa shape index (κ2) is 8.76. The average Bonchev–Trinajstić information content (AvgIpc) is 2.43.